The van der Waals surface area contributed by atoms with Gasteiger partial charge in [-0.2, -0.15) is 0 Å². The van der Waals surface area contributed by atoms with Crippen molar-refractivity contribution in [3.8, 4) is 5.75 Å². The summed E-state index contributed by atoms with van der Waals surface area (Å²) in [6, 6.07) is 6.40. The van der Waals surface area contributed by atoms with E-state index >= 15 is 0 Å². The smallest absolute Gasteiger partial charge is 0.123 e. The van der Waals surface area contributed by atoms with Gasteiger partial charge in [-0.1, -0.05) is 32.9 Å². The van der Waals surface area contributed by atoms with Crippen LogP contribution >= 0.6 is 0 Å². The topological polar surface area (TPSA) is 47.3 Å². The predicted octanol–water partition coefficient (Wildman–Crippen LogP) is 2.58. The van der Waals surface area contributed by atoms with Gasteiger partial charge in [0.2, 0.25) is 0 Å². The van der Waals surface area contributed by atoms with E-state index < -0.39 is 0 Å². The number of hydrogen-bond donors (Lipinski definition) is 2. The molecule has 0 amide bonds. The van der Waals surface area contributed by atoms with Gasteiger partial charge in [-0.15, -0.1) is 0 Å². The predicted molar refractivity (Wildman–Crippen MR) is 81.5 cm³/mol. The Hall–Kier alpha value is -1.06. The van der Waals surface area contributed by atoms with Crippen LogP contribution in [0, 0.1) is 11.8 Å². The van der Waals surface area contributed by atoms with Gasteiger partial charge in [0.05, 0.1) is 7.11 Å². The average molecular weight is 264 g/mol. The Bertz CT molecular complexity index is 377. The summed E-state index contributed by atoms with van der Waals surface area (Å²) in [7, 11) is 1.72. The normalized spacial score (nSPS) is 12.7. The molecule has 1 aromatic carbocycles. The quantitative estimate of drug-likeness (QED) is 0.758. The van der Waals surface area contributed by atoms with Gasteiger partial charge >= 0.3 is 0 Å². The first-order valence-electron chi connectivity index (χ1n) is 7.18. The van der Waals surface area contributed by atoms with Crippen molar-refractivity contribution in [2.75, 3.05) is 20.2 Å². The van der Waals surface area contributed by atoms with Crippen LogP contribution in [0.25, 0.3) is 0 Å². The lowest BCUT2D eigenvalue weighted by Gasteiger charge is -2.20. The molecule has 0 saturated heterocycles. The van der Waals surface area contributed by atoms with Crippen LogP contribution < -0.4 is 15.8 Å². The number of aryl methyl sites for hydroxylation is 1. The molecule has 0 aliphatic carbocycles. The van der Waals surface area contributed by atoms with Crippen molar-refractivity contribution in [1.29, 1.82) is 0 Å². The molecule has 0 fully saturated rings. The fourth-order valence-corrected chi connectivity index (χ4v) is 2.17. The van der Waals surface area contributed by atoms with Crippen molar-refractivity contribution >= 4 is 0 Å². The Labute approximate surface area is 117 Å². The third-order valence-electron chi connectivity index (χ3n) is 3.72. The molecule has 1 atom stereocenters. The summed E-state index contributed by atoms with van der Waals surface area (Å²) in [6.45, 7) is 9.13. The van der Waals surface area contributed by atoms with Crippen LogP contribution in [0.1, 0.15) is 31.9 Å². The molecule has 0 heterocycles. The first-order valence-corrected chi connectivity index (χ1v) is 7.18. The van der Waals surface area contributed by atoms with E-state index in [1.807, 2.05) is 0 Å². The van der Waals surface area contributed by atoms with Gasteiger partial charge in [-0.25, -0.2) is 0 Å². The van der Waals surface area contributed by atoms with Crippen LogP contribution in [-0.2, 0) is 13.0 Å². The summed E-state index contributed by atoms with van der Waals surface area (Å²) in [6.07, 6.45) is 1.05. The van der Waals surface area contributed by atoms with Crippen LogP contribution in [0.4, 0.5) is 0 Å². The zero-order valence-corrected chi connectivity index (χ0v) is 12.7. The number of benzene rings is 1. The first-order chi connectivity index (χ1) is 9.12. The Morgan fingerprint density at radius 3 is 2.58 bits per heavy atom. The van der Waals surface area contributed by atoms with Crippen LogP contribution in [0.3, 0.4) is 0 Å². The van der Waals surface area contributed by atoms with Crippen molar-refractivity contribution < 1.29 is 4.74 Å². The summed E-state index contributed by atoms with van der Waals surface area (Å²) in [5.74, 6) is 2.10. The van der Waals surface area contributed by atoms with Crippen molar-refractivity contribution in [3.05, 3.63) is 29.3 Å². The van der Waals surface area contributed by atoms with E-state index in [9.17, 15) is 0 Å². The standard InChI is InChI=1S/C16H28N2O/c1-5-13-6-7-16(19-4)14(8-13)10-18-11-15(9-17)12(2)3/h6-8,12,15,18H,5,9-11,17H2,1-4H3. The number of nitrogens with two attached hydrogens (primary N) is 1. The molecule has 19 heavy (non-hydrogen) atoms. The van der Waals surface area contributed by atoms with Crippen molar-refractivity contribution in [3.63, 3.8) is 0 Å². The Morgan fingerprint density at radius 1 is 1.32 bits per heavy atom. The largest absolute Gasteiger partial charge is 0.496 e. The molecule has 0 aromatic heterocycles. The third kappa shape index (κ3) is 4.84. The van der Waals surface area contributed by atoms with Gasteiger partial charge in [0.1, 0.15) is 5.75 Å². The molecule has 0 aliphatic heterocycles. The zero-order valence-electron chi connectivity index (χ0n) is 12.7. The third-order valence-corrected chi connectivity index (χ3v) is 3.72. The summed E-state index contributed by atoms with van der Waals surface area (Å²) in [5, 5.41) is 3.50. The minimum atomic E-state index is 0.528. The summed E-state index contributed by atoms with van der Waals surface area (Å²) in [5.41, 5.74) is 8.36. The highest BCUT2D eigenvalue weighted by Crippen LogP contribution is 2.20. The molecular weight excluding hydrogens is 236 g/mol. The maximum Gasteiger partial charge on any atom is 0.123 e. The summed E-state index contributed by atoms with van der Waals surface area (Å²) in [4.78, 5) is 0. The number of rotatable bonds is 8. The van der Waals surface area contributed by atoms with E-state index in [1.54, 1.807) is 7.11 Å². The average Bonchev–Trinajstić information content (AvgIpc) is 2.42. The van der Waals surface area contributed by atoms with Crippen LogP contribution in [0.15, 0.2) is 18.2 Å². The van der Waals surface area contributed by atoms with Crippen molar-refractivity contribution in [2.45, 2.75) is 33.7 Å². The maximum absolute atomic E-state index is 5.79. The molecular formula is C16H28N2O. The molecule has 0 bridgehead atoms. The maximum atomic E-state index is 5.79. The van der Waals surface area contributed by atoms with Crippen LogP contribution in [0.2, 0.25) is 0 Å². The van der Waals surface area contributed by atoms with E-state index in [4.69, 9.17) is 10.5 Å². The number of methoxy groups -OCH3 is 1. The van der Waals surface area contributed by atoms with E-state index in [-0.39, 0.29) is 0 Å². The molecule has 0 aliphatic rings. The van der Waals surface area contributed by atoms with E-state index in [2.05, 4.69) is 44.3 Å². The molecule has 3 nitrogen and oxygen atoms in total. The van der Waals surface area contributed by atoms with E-state index in [0.29, 0.717) is 11.8 Å². The fraction of sp³-hybridized carbons (Fsp3) is 0.625. The first kappa shape index (κ1) is 16.0. The van der Waals surface area contributed by atoms with Crippen molar-refractivity contribution in [2.24, 2.45) is 17.6 Å². The SMILES string of the molecule is CCc1ccc(OC)c(CNCC(CN)C(C)C)c1. The second kappa shape index (κ2) is 8.18. The molecule has 0 spiro atoms. The lowest BCUT2D eigenvalue weighted by molar-refractivity contribution is 0.366. The minimum Gasteiger partial charge on any atom is -0.496 e. The molecule has 1 rings (SSSR count). The Balaban J connectivity index is 2.60. The monoisotopic (exact) mass is 264 g/mol. The molecule has 3 heteroatoms. The number of hydrogen-bond acceptors (Lipinski definition) is 3. The van der Waals surface area contributed by atoms with Crippen LogP contribution in [-0.4, -0.2) is 20.2 Å². The van der Waals surface area contributed by atoms with Crippen LogP contribution in [0.5, 0.6) is 5.75 Å². The lowest BCUT2D eigenvalue weighted by atomic mass is 9.96. The molecule has 1 aromatic rings. The van der Waals surface area contributed by atoms with Gasteiger partial charge in [0.25, 0.3) is 0 Å². The number of nitrogens with one attached hydrogen (secondary N) is 1. The molecule has 3 N–H and O–H groups in total. The van der Waals surface area contributed by atoms with Gasteiger partial charge in [-0.3, -0.25) is 0 Å². The lowest BCUT2D eigenvalue weighted by Crippen LogP contribution is -2.31. The van der Waals surface area contributed by atoms with Gasteiger partial charge in [0, 0.05) is 12.1 Å². The van der Waals surface area contributed by atoms with E-state index in [1.165, 1.54) is 11.1 Å². The van der Waals surface area contributed by atoms with Gasteiger partial charge in [-0.05, 0) is 43.0 Å². The zero-order chi connectivity index (χ0) is 14.3. The summed E-state index contributed by atoms with van der Waals surface area (Å²) < 4.78 is 5.41. The van der Waals surface area contributed by atoms with E-state index in [0.717, 1.165) is 31.8 Å². The second-order valence-electron chi connectivity index (χ2n) is 5.37. The minimum absolute atomic E-state index is 0.528. The van der Waals surface area contributed by atoms with Gasteiger partial charge in [0.15, 0.2) is 0 Å². The summed E-state index contributed by atoms with van der Waals surface area (Å²) >= 11 is 0. The van der Waals surface area contributed by atoms with Gasteiger partial charge < -0.3 is 15.8 Å². The molecule has 0 radical (unpaired) electrons. The second-order valence-corrected chi connectivity index (χ2v) is 5.37. The van der Waals surface area contributed by atoms with Crippen molar-refractivity contribution in [1.82, 2.24) is 5.32 Å². The molecule has 108 valence electrons. The Kier molecular flexibility index (Phi) is 6.89. The molecule has 0 saturated carbocycles. The fourth-order valence-electron chi connectivity index (χ4n) is 2.17. The molecule has 1 unspecified atom stereocenters. The highest BCUT2D eigenvalue weighted by atomic mass is 16.5. The highest BCUT2D eigenvalue weighted by molar-refractivity contribution is 5.37. The Morgan fingerprint density at radius 2 is 2.05 bits per heavy atom. The number of ether oxygens (including phenoxy) is 1. The highest BCUT2D eigenvalue weighted by Gasteiger charge is 2.11.